The largest absolute Gasteiger partial charge is 0.449 e. The summed E-state index contributed by atoms with van der Waals surface area (Å²) in [5.74, 6) is 0. The van der Waals surface area contributed by atoms with E-state index in [1.807, 2.05) is 63.2 Å². The average molecular weight is 327 g/mol. The molecule has 0 unspecified atom stereocenters. The van der Waals surface area contributed by atoms with Crippen molar-refractivity contribution in [1.29, 1.82) is 0 Å². The third-order valence-electron chi connectivity index (χ3n) is 3.30. The molecule has 1 N–H and O–H groups in total. The van der Waals surface area contributed by atoms with Gasteiger partial charge in [-0.25, -0.2) is 4.79 Å². The fourth-order valence-corrected chi connectivity index (χ4v) is 2.17. The molecule has 0 bridgehead atoms. The van der Waals surface area contributed by atoms with Crippen LogP contribution in [0.4, 0.5) is 4.79 Å². The number of amides is 1. The smallest absolute Gasteiger partial charge is 0.407 e. The predicted octanol–water partition coefficient (Wildman–Crippen LogP) is 4.48. The van der Waals surface area contributed by atoms with E-state index in [9.17, 15) is 9.59 Å². The minimum atomic E-state index is -0.390. The van der Waals surface area contributed by atoms with Gasteiger partial charge in [0.25, 0.3) is 0 Å². The fourth-order valence-electron chi connectivity index (χ4n) is 2.17. The molecule has 4 nitrogen and oxygen atoms in total. The normalized spacial score (nSPS) is 9.46. The minimum Gasteiger partial charge on any atom is -0.449 e. The molecule has 0 saturated heterocycles. The number of benzene rings is 2. The minimum absolute atomic E-state index is 0.343. The van der Waals surface area contributed by atoms with E-state index in [1.54, 1.807) is 6.07 Å². The van der Waals surface area contributed by atoms with Crippen LogP contribution in [-0.4, -0.2) is 25.5 Å². The second-order valence-electron chi connectivity index (χ2n) is 4.82. The first-order valence-electron chi connectivity index (χ1n) is 8.28. The molecule has 128 valence electrons. The van der Waals surface area contributed by atoms with Gasteiger partial charge in [0.05, 0.1) is 6.61 Å². The van der Waals surface area contributed by atoms with Crippen LogP contribution >= 0.6 is 0 Å². The first-order chi connectivity index (χ1) is 11.7. The van der Waals surface area contributed by atoms with Gasteiger partial charge in [0, 0.05) is 18.5 Å². The van der Waals surface area contributed by atoms with Crippen molar-refractivity contribution in [3.63, 3.8) is 0 Å². The molecule has 2 aromatic carbocycles. The number of carbonyl (C=O) groups excluding carboxylic acids is 2. The lowest BCUT2D eigenvalue weighted by atomic mass is 9.99. The Hall–Kier alpha value is -2.62. The van der Waals surface area contributed by atoms with Gasteiger partial charge in [0.15, 0.2) is 6.29 Å². The molecule has 0 fully saturated rings. The van der Waals surface area contributed by atoms with E-state index in [1.165, 1.54) is 0 Å². The Morgan fingerprint density at radius 3 is 2.38 bits per heavy atom. The van der Waals surface area contributed by atoms with Crippen LogP contribution in [0, 0.1) is 0 Å². The van der Waals surface area contributed by atoms with Crippen LogP contribution in [0.15, 0.2) is 48.5 Å². The fraction of sp³-hybridized carbons (Fsp3) is 0.300. The Balaban J connectivity index is 0.00000139. The number of alkyl carbamates (subject to hydrolysis) is 1. The van der Waals surface area contributed by atoms with Crippen molar-refractivity contribution in [3.05, 3.63) is 59.7 Å². The number of rotatable bonds is 6. The molecular weight excluding hydrogens is 302 g/mol. The molecule has 0 saturated carbocycles. The van der Waals surface area contributed by atoms with Crippen molar-refractivity contribution in [1.82, 2.24) is 5.32 Å². The van der Waals surface area contributed by atoms with Crippen LogP contribution < -0.4 is 5.32 Å². The van der Waals surface area contributed by atoms with E-state index >= 15 is 0 Å². The highest BCUT2D eigenvalue weighted by atomic mass is 16.5. The monoisotopic (exact) mass is 327 g/mol. The summed E-state index contributed by atoms with van der Waals surface area (Å²) in [6.07, 6.45) is 1.13. The summed E-state index contributed by atoms with van der Waals surface area (Å²) in [5.41, 5.74) is 3.67. The molecule has 1 amide bonds. The summed E-state index contributed by atoms with van der Waals surface area (Å²) in [6.45, 7) is 6.75. The Morgan fingerprint density at radius 2 is 1.75 bits per heavy atom. The second kappa shape index (κ2) is 11.0. The Morgan fingerprint density at radius 1 is 1.08 bits per heavy atom. The molecule has 0 aliphatic rings. The summed E-state index contributed by atoms with van der Waals surface area (Å²) in [7, 11) is 0. The lowest BCUT2D eigenvalue weighted by molar-refractivity contribution is 0.112. The predicted molar refractivity (Wildman–Crippen MR) is 97.3 cm³/mol. The van der Waals surface area contributed by atoms with Crippen molar-refractivity contribution in [2.75, 3.05) is 13.2 Å². The highest BCUT2D eigenvalue weighted by Crippen LogP contribution is 2.23. The first kappa shape index (κ1) is 19.4. The van der Waals surface area contributed by atoms with Gasteiger partial charge in [0.1, 0.15) is 0 Å². The lowest BCUT2D eigenvalue weighted by Crippen LogP contribution is -2.24. The van der Waals surface area contributed by atoms with E-state index in [4.69, 9.17) is 4.74 Å². The number of ether oxygens (including phenoxy) is 1. The maximum Gasteiger partial charge on any atom is 0.407 e. The Kier molecular flexibility index (Phi) is 8.90. The van der Waals surface area contributed by atoms with Gasteiger partial charge >= 0.3 is 6.09 Å². The SMILES string of the molecule is CC.CCNC(=O)OCCc1ccc(-c2ccccc2C=O)cc1. The van der Waals surface area contributed by atoms with Crippen molar-refractivity contribution < 1.29 is 14.3 Å². The van der Waals surface area contributed by atoms with Crippen LogP contribution in [0.1, 0.15) is 36.7 Å². The van der Waals surface area contributed by atoms with Gasteiger partial charge in [-0.15, -0.1) is 0 Å². The van der Waals surface area contributed by atoms with Gasteiger partial charge in [-0.1, -0.05) is 62.4 Å². The Bertz CT molecular complexity index is 636. The maximum absolute atomic E-state index is 11.2. The molecule has 0 aliphatic carbocycles. The van der Waals surface area contributed by atoms with Crippen molar-refractivity contribution in [2.24, 2.45) is 0 Å². The van der Waals surface area contributed by atoms with Crippen molar-refractivity contribution in [2.45, 2.75) is 27.2 Å². The van der Waals surface area contributed by atoms with E-state index in [-0.39, 0.29) is 6.09 Å². The topological polar surface area (TPSA) is 55.4 Å². The molecule has 24 heavy (non-hydrogen) atoms. The van der Waals surface area contributed by atoms with Gasteiger partial charge in [-0.2, -0.15) is 0 Å². The molecular formula is C20H25NO3. The van der Waals surface area contributed by atoms with Gasteiger partial charge in [-0.05, 0) is 23.6 Å². The third-order valence-corrected chi connectivity index (χ3v) is 3.30. The van der Waals surface area contributed by atoms with Gasteiger partial charge in [-0.3, -0.25) is 4.79 Å². The quantitative estimate of drug-likeness (QED) is 0.796. The zero-order valence-electron chi connectivity index (χ0n) is 14.5. The standard InChI is InChI=1S/C18H19NO3.C2H6/c1-2-19-18(21)22-12-11-14-7-9-15(10-8-14)17-6-4-3-5-16(17)13-20;1-2/h3-10,13H,2,11-12H2,1H3,(H,19,21);1-2H3. The molecule has 4 heteroatoms. The van der Waals surface area contributed by atoms with Gasteiger partial charge in [0.2, 0.25) is 0 Å². The van der Waals surface area contributed by atoms with Crippen LogP contribution in [0.5, 0.6) is 0 Å². The molecule has 0 radical (unpaired) electrons. The summed E-state index contributed by atoms with van der Waals surface area (Å²) >= 11 is 0. The molecule has 0 spiro atoms. The maximum atomic E-state index is 11.2. The van der Waals surface area contributed by atoms with Crippen molar-refractivity contribution in [3.8, 4) is 11.1 Å². The second-order valence-corrected chi connectivity index (χ2v) is 4.82. The van der Waals surface area contributed by atoms with Crippen molar-refractivity contribution >= 4 is 12.4 Å². The van der Waals surface area contributed by atoms with E-state index < -0.39 is 0 Å². The van der Waals surface area contributed by atoms with E-state index in [0.29, 0.717) is 25.1 Å². The van der Waals surface area contributed by atoms with Gasteiger partial charge < -0.3 is 10.1 Å². The highest BCUT2D eigenvalue weighted by Gasteiger charge is 2.04. The highest BCUT2D eigenvalue weighted by molar-refractivity contribution is 5.87. The van der Waals surface area contributed by atoms with Crippen LogP contribution in [0.25, 0.3) is 11.1 Å². The molecule has 0 aliphatic heterocycles. The van der Waals surface area contributed by atoms with Crippen LogP contribution in [-0.2, 0) is 11.2 Å². The summed E-state index contributed by atoms with van der Waals surface area (Å²) in [6, 6.07) is 15.4. The van der Waals surface area contributed by atoms with Crippen LogP contribution in [0.3, 0.4) is 0 Å². The molecule has 0 aromatic heterocycles. The molecule has 2 rings (SSSR count). The number of carbonyl (C=O) groups is 2. The lowest BCUT2D eigenvalue weighted by Gasteiger charge is -2.08. The number of nitrogens with one attached hydrogen (secondary N) is 1. The molecule has 0 atom stereocenters. The number of aldehydes is 1. The van der Waals surface area contributed by atoms with E-state index in [0.717, 1.165) is 23.0 Å². The zero-order chi connectivity index (χ0) is 17.8. The summed E-state index contributed by atoms with van der Waals surface area (Å²) in [5, 5.41) is 2.58. The van der Waals surface area contributed by atoms with Crippen LogP contribution in [0.2, 0.25) is 0 Å². The average Bonchev–Trinajstić information content (AvgIpc) is 2.64. The van der Waals surface area contributed by atoms with E-state index in [2.05, 4.69) is 5.32 Å². The summed E-state index contributed by atoms with van der Waals surface area (Å²) in [4.78, 5) is 22.2. The molecule has 2 aromatic rings. The number of hydrogen-bond acceptors (Lipinski definition) is 3. The Labute approximate surface area is 143 Å². The third kappa shape index (κ3) is 5.88. The summed E-state index contributed by atoms with van der Waals surface area (Å²) < 4.78 is 5.04. The molecule has 0 heterocycles. The number of hydrogen-bond donors (Lipinski definition) is 1. The zero-order valence-corrected chi connectivity index (χ0v) is 14.5. The first-order valence-corrected chi connectivity index (χ1v) is 8.28.